The lowest BCUT2D eigenvalue weighted by Crippen LogP contribution is -2.51. The van der Waals surface area contributed by atoms with Gasteiger partial charge in [-0.2, -0.15) is 4.31 Å². The molecule has 1 aliphatic rings. The third kappa shape index (κ3) is 4.67. The van der Waals surface area contributed by atoms with Crippen LogP contribution in [0.1, 0.15) is 40.0 Å². The maximum atomic E-state index is 12.4. The smallest absolute Gasteiger partial charge is 0.308 e. The molecule has 2 N–H and O–H groups in total. The number of carboxylic acids is 1. The molecule has 0 bridgehead atoms. The van der Waals surface area contributed by atoms with Crippen molar-refractivity contribution in [2.24, 2.45) is 11.8 Å². The largest absolute Gasteiger partial charge is 0.481 e. The predicted octanol–water partition coefficient (Wildman–Crippen LogP) is 0.664. The minimum atomic E-state index is -3.39. The Labute approximate surface area is 132 Å². The molecule has 0 spiro atoms. The van der Waals surface area contributed by atoms with E-state index in [2.05, 4.69) is 5.32 Å². The molecule has 0 aromatic heterocycles. The molecular formula is C14H26N2O5S. The summed E-state index contributed by atoms with van der Waals surface area (Å²) >= 11 is 0. The molecule has 22 heavy (non-hydrogen) atoms. The van der Waals surface area contributed by atoms with Gasteiger partial charge in [0.2, 0.25) is 15.9 Å². The molecule has 2 atom stereocenters. The molecule has 2 unspecified atom stereocenters. The number of hydrogen-bond acceptors (Lipinski definition) is 4. The first kappa shape index (κ1) is 18.9. The Morgan fingerprint density at radius 3 is 2.36 bits per heavy atom. The van der Waals surface area contributed by atoms with Crippen molar-refractivity contribution in [3.05, 3.63) is 0 Å². The predicted molar refractivity (Wildman–Crippen MR) is 82.8 cm³/mol. The van der Waals surface area contributed by atoms with Crippen molar-refractivity contribution in [3.8, 4) is 0 Å². The number of aliphatic carboxylic acids is 1. The summed E-state index contributed by atoms with van der Waals surface area (Å²) in [6, 6.07) is -0.774. The first-order chi connectivity index (χ1) is 10.2. The second-order valence-corrected chi connectivity index (χ2v) is 8.08. The number of nitrogens with zero attached hydrogens (tertiary/aromatic N) is 1. The van der Waals surface area contributed by atoms with Crippen LogP contribution in [0.15, 0.2) is 0 Å². The van der Waals surface area contributed by atoms with Crippen LogP contribution in [0.3, 0.4) is 0 Å². The lowest BCUT2D eigenvalue weighted by molar-refractivity contribution is -0.142. The van der Waals surface area contributed by atoms with E-state index in [1.54, 1.807) is 13.8 Å². The second kappa shape index (κ2) is 7.92. The van der Waals surface area contributed by atoms with Crippen LogP contribution in [-0.4, -0.2) is 54.6 Å². The number of carbonyl (C=O) groups is 2. The molecule has 0 saturated carbocycles. The van der Waals surface area contributed by atoms with E-state index in [0.29, 0.717) is 25.8 Å². The lowest BCUT2D eigenvalue weighted by atomic mass is 10.0. The van der Waals surface area contributed by atoms with Gasteiger partial charge >= 0.3 is 5.97 Å². The molecule has 1 saturated heterocycles. The van der Waals surface area contributed by atoms with E-state index in [-0.39, 0.29) is 18.2 Å². The maximum absolute atomic E-state index is 12.4. The first-order valence-corrected chi connectivity index (χ1v) is 9.31. The molecule has 0 aromatic rings. The standard InChI is InChI=1S/C14H26N2O5S/c1-4-6-11(14(18)19)9-15-13(17)12(10(2)3)16-7-5-8-22(16,20)21/h10-12H,4-9H2,1-3H3,(H,15,17)(H,18,19). The van der Waals surface area contributed by atoms with Crippen molar-refractivity contribution in [2.75, 3.05) is 18.8 Å². The average molecular weight is 334 g/mol. The van der Waals surface area contributed by atoms with Crippen molar-refractivity contribution in [1.82, 2.24) is 9.62 Å². The van der Waals surface area contributed by atoms with Gasteiger partial charge in [0.25, 0.3) is 0 Å². The summed E-state index contributed by atoms with van der Waals surface area (Å²) in [5.74, 6) is -2.11. The van der Waals surface area contributed by atoms with E-state index in [9.17, 15) is 18.0 Å². The van der Waals surface area contributed by atoms with Crippen LogP contribution in [0.4, 0.5) is 0 Å². The quantitative estimate of drug-likeness (QED) is 0.679. The lowest BCUT2D eigenvalue weighted by Gasteiger charge is -2.29. The Hall–Kier alpha value is -1.15. The Kier molecular flexibility index (Phi) is 6.80. The van der Waals surface area contributed by atoms with Gasteiger partial charge in [0.15, 0.2) is 0 Å². The molecule has 0 aliphatic carbocycles. The highest BCUT2D eigenvalue weighted by molar-refractivity contribution is 7.89. The Morgan fingerprint density at radius 1 is 1.32 bits per heavy atom. The van der Waals surface area contributed by atoms with E-state index >= 15 is 0 Å². The number of rotatable bonds is 8. The Bertz CT molecular complexity index is 503. The number of sulfonamides is 1. The van der Waals surface area contributed by atoms with E-state index in [1.165, 1.54) is 4.31 Å². The van der Waals surface area contributed by atoms with Gasteiger partial charge in [0, 0.05) is 13.1 Å². The van der Waals surface area contributed by atoms with Crippen LogP contribution < -0.4 is 5.32 Å². The topological polar surface area (TPSA) is 104 Å². The van der Waals surface area contributed by atoms with E-state index in [4.69, 9.17) is 5.11 Å². The summed E-state index contributed by atoms with van der Waals surface area (Å²) in [6.07, 6.45) is 1.71. The Balaban J connectivity index is 2.76. The Morgan fingerprint density at radius 2 is 1.95 bits per heavy atom. The number of amides is 1. The summed E-state index contributed by atoms with van der Waals surface area (Å²) in [4.78, 5) is 23.5. The monoisotopic (exact) mass is 334 g/mol. The summed E-state index contributed by atoms with van der Waals surface area (Å²) in [6.45, 7) is 5.83. The van der Waals surface area contributed by atoms with Crippen LogP contribution in [0, 0.1) is 11.8 Å². The number of hydrogen-bond donors (Lipinski definition) is 2. The molecular weight excluding hydrogens is 308 g/mol. The highest BCUT2D eigenvalue weighted by atomic mass is 32.2. The van der Waals surface area contributed by atoms with Gasteiger partial charge in [-0.25, -0.2) is 8.42 Å². The number of carbonyl (C=O) groups excluding carboxylic acids is 1. The SMILES string of the molecule is CCCC(CNC(=O)C(C(C)C)N1CCCS1(=O)=O)C(=O)O. The minimum absolute atomic E-state index is 0.0269. The first-order valence-electron chi connectivity index (χ1n) is 7.70. The molecule has 1 aliphatic heterocycles. The van der Waals surface area contributed by atoms with E-state index in [0.717, 1.165) is 0 Å². The van der Waals surface area contributed by atoms with Crippen molar-refractivity contribution >= 4 is 21.9 Å². The summed E-state index contributed by atoms with van der Waals surface area (Å²) < 4.78 is 25.3. The van der Waals surface area contributed by atoms with Gasteiger partial charge in [-0.05, 0) is 18.8 Å². The molecule has 1 amide bonds. The summed E-state index contributed by atoms with van der Waals surface area (Å²) in [7, 11) is -3.39. The van der Waals surface area contributed by atoms with Crippen LogP contribution in [-0.2, 0) is 19.6 Å². The van der Waals surface area contributed by atoms with Crippen LogP contribution in [0.2, 0.25) is 0 Å². The molecule has 0 aromatic carbocycles. The van der Waals surface area contributed by atoms with Crippen LogP contribution >= 0.6 is 0 Å². The maximum Gasteiger partial charge on any atom is 0.308 e. The van der Waals surface area contributed by atoms with Gasteiger partial charge in [-0.1, -0.05) is 27.2 Å². The van der Waals surface area contributed by atoms with Crippen molar-refractivity contribution < 1.29 is 23.1 Å². The fourth-order valence-corrected chi connectivity index (χ4v) is 4.55. The van der Waals surface area contributed by atoms with Crippen LogP contribution in [0.5, 0.6) is 0 Å². The van der Waals surface area contributed by atoms with E-state index in [1.807, 2.05) is 6.92 Å². The van der Waals surface area contributed by atoms with Gasteiger partial charge in [-0.3, -0.25) is 9.59 Å². The van der Waals surface area contributed by atoms with Gasteiger partial charge in [-0.15, -0.1) is 0 Å². The highest BCUT2D eigenvalue weighted by Gasteiger charge is 2.40. The zero-order chi connectivity index (χ0) is 16.9. The third-order valence-electron chi connectivity index (χ3n) is 3.86. The molecule has 1 heterocycles. The molecule has 128 valence electrons. The minimum Gasteiger partial charge on any atom is -0.481 e. The molecule has 7 nitrogen and oxygen atoms in total. The number of nitrogens with one attached hydrogen (secondary N) is 1. The second-order valence-electron chi connectivity index (χ2n) is 6.04. The molecule has 0 radical (unpaired) electrons. The zero-order valence-electron chi connectivity index (χ0n) is 13.4. The third-order valence-corrected chi connectivity index (χ3v) is 5.79. The average Bonchev–Trinajstić information content (AvgIpc) is 2.74. The van der Waals surface area contributed by atoms with Crippen molar-refractivity contribution in [1.29, 1.82) is 0 Å². The fourth-order valence-electron chi connectivity index (χ4n) is 2.73. The van der Waals surface area contributed by atoms with Crippen molar-refractivity contribution in [2.45, 2.75) is 46.1 Å². The summed E-state index contributed by atoms with van der Waals surface area (Å²) in [5, 5.41) is 11.7. The normalized spacial score (nSPS) is 20.7. The van der Waals surface area contributed by atoms with Gasteiger partial charge in [0.05, 0.1) is 11.7 Å². The zero-order valence-corrected chi connectivity index (χ0v) is 14.2. The fraction of sp³-hybridized carbons (Fsp3) is 0.857. The molecule has 8 heteroatoms. The van der Waals surface area contributed by atoms with E-state index < -0.39 is 33.9 Å². The highest BCUT2D eigenvalue weighted by Crippen LogP contribution is 2.22. The van der Waals surface area contributed by atoms with Gasteiger partial charge in [0.1, 0.15) is 6.04 Å². The van der Waals surface area contributed by atoms with Gasteiger partial charge < -0.3 is 10.4 Å². The van der Waals surface area contributed by atoms with Crippen molar-refractivity contribution in [3.63, 3.8) is 0 Å². The van der Waals surface area contributed by atoms with Crippen LogP contribution in [0.25, 0.3) is 0 Å². The summed E-state index contributed by atoms with van der Waals surface area (Å²) in [5.41, 5.74) is 0. The molecule has 1 rings (SSSR count). The molecule has 1 fully saturated rings. The number of carboxylic acid groups (broad SMARTS) is 1.